The Hall–Kier alpha value is -1.88. The summed E-state index contributed by atoms with van der Waals surface area (Å²) in [5.41, 5.74) is 2.41. The Balaban J connectivity index is 2.37. The van der Waals surface area contributed by atoms with Crippen LogP contribution in [0.5, 0.6) is 0 Å². The van der Waals surface area contributed by atoms with Crippen molar-refractivity contribution in [2.24, 2.45) is 0 Å². The van der Waals surface area contributed by atoms with Crippen LogP contribution in [-0.4, -0.2) is 21.0 Å². The van der Waals surface area contributed by atoms with Crippen molar-refractivity contribution in [2.45, 2.75) is 6.92 Å². The van der Waals surface area contributed by atoms with Gasteiger partial charge in [0.1, 0.15) is 5.82 Å². The van der Waals surface area contributed by atoms with Gasteiger partial charge in [-0.05, 0) is 25.1 Å². The highest BCUT2D eigenvalue weighted by molar-refractivity contribution is 9.10. The summed E-state index contributed by atoms with van der Waals surface area (Å²) in [5, 5.41) is 8.59. The topological polar surface area (TPSA) is 66.0 Å². The number of aromatic nitrogens is 2. The van der Waals surface area contributed by atoms with Crippen LogP contribution < -0.4 is 0 Å². The fourth-order valence-electron chi connectivity index (χ4n) is 1.56. The lowest BCUT2D eigenvalue weighted by Crippen LogP contribution is -1.86. The number of imidazole rings is 1. The van der Waals surface area contributed by atoms with Crippen LogP contribution in [0.3, 0.4) is 0 Å². The second kappa shape index (κ2) is 5.18. The van der Waals surface area contributed by atoms with Gasteiger partial charge in [0, 0.05) is 21.8 Å². The molecule has 0 radical (unpaired) electrons. The third-order valence-electron chi connectivity index (χ3n) is 2.40. The van der Waals surface area contributed by atoms with Crippen LogP contribution in [0.4, 0.5) is 0 Å². The van der Waals surface area contributed by atoms with E-state index in [4.69, 9.17) is 5.11 Å². The van der Waals surface area contributed by atoms with E-state index in [2.05, 4.69) is 25.9 Å². The van der Waals surface area contributed by atoms with E-state index < -0.39 is 5.97 Å². The summed E-state index contributed by atoms with van der Waals surface area (Å²) in [6.07, 6.45) is 2.56. The van der Waals surface area contributed by atoms with Gasteiger partial charge in [-0.15, -0.1) is 0 Å². The number of carboxylic acid groups (broad SMARTS) is 1. The van der Waals surface area contributed by atoms with E-state index in [0.29, 0.717) is 5.69 Å². The molecule has 1 aromatic heterocycles. The Morgan fingerprint density at radius 3 is 2.94 bits per heavy atom. The van der Waals surface area contributed by atoms with E-state index in [1.807, 2.05) is 31.2 Å². The van der Waals surface area contributed by atoms with Crippen molar-refractivity contribution < 1.29 is 9.90 Å². The third kappa shape index (κ3) is 2.87. The van der Waals surface area contributed by atoms with E-state index in [0.717, 1.165) is 27.6 Å². The first-order valence-electron chi connectivity index (χ1n) is 5.30. The first kappa shape index (κ1) is 12.6. The summed E-state index contributed by atoms with van der Waals surface area (Å²) in [5.74, 6) is -0.264. The van der Waals surface area contributed by atoms with Crippen molar-refractivity contribution in [1.82, 2.24) is 9.97 Å². The number of hydrogen-bond acceptors (Lipinski definition) is 2. The van der Waals surface area contributed by atoms with Gasteiger partial charge in [0.05, 0.1) is 5.69 Å². The molecule has 0 saturated carbocycles. The molecule has 0 aliphatic carbocycles. The average molecular weight is 307 g/mol. The lowest BCUT2D eigenvalue weighted by molar-refractivity contribution is -0.131. The van der Waals surface area contributed by atoms with Gasteiger partial charge in [-0.1, -0.05) is 28.1 Å². The van der Waals surface area contributed by atoms with Crippen LogP contribution >= 0.6 is 15.9 Å². The Morgan fingerprint density at radius 1 is 1.50 bits per heavy atom. The largest absolute Gasteiger partial charge is 0.478 e. The molecule has 0 aliphatic rings. The summed E-state index contributed by atoms with van der Waals surface area (Å²) >= 11 is 3.40. The normalized spacial score (nSPS) is 11.0. The predicted octanol–water partition coefficient (Wildman–Crippen LogP) is 3.25. The number of hydrogen-bond donors (Lipinski definition) is 2. The highest BCUT2D eigenvalue weighted by atomic mass is 79.9. The van der Waals surface area contributed by atoms with Crippen molar-refractivity contribution in [3.8, 4) is 11.4 Å². The van der Waals surface area contributed by atoms with Crippen LogP contribution in [0.15, 0.2) is 34.8 Å². The number of carbonyl (C=O) groups is 1. The minimum Gasteiger partial charge on any atom is -0.478 e. The molecule has 2 rings (SSSR count). The zero-order chi connectivity index (χ0) is 13.1. The SMILES string of the molecule is Cc1[nH]c(-c2cccc(Br)c2)nc1/C=C/C(=O)O. The molecule has 1 heterocycles. The van der Waals surface area contributed by atoms with E-state index in [-0.39, 0.29) is 0 Å². The van der Waals surface area contributed by atoms with Crippen molar-refractivity contribution in [3.63, 3.8) is 0 Å². The molecule has 0 atom stereocenters. The van der Waals surface area contributed by atoms with Gasteiger partial charge >= 0.3 is 5.97 Å². The van der Waals surface area contributed by atoms with E-state index >= 15 is 0 Å². The van der Waals surface area contributed by atoms with Crippen molar-refractivity contribution in [2.75, 3.05) is 0 Å². The highest BCUT2D eigenvalue weighted by Gasteiger charge is 2.06. The Bertz CT molecular complexity index is 617. The van der Waals surface area contributed by atoms with Crippen molar-refractivity contribution in [1.29, 1.82) is 0 Å². The number of nitrogens with zero attached hydrogens (tertiary/aromatic N) is 1. The van der Waals surface area contributed by atoms with Crippen LogP contribution in [0.1, 0.15) is 11.4 Å². The van der Waals surface area contributed by atoms with E-state index in [1.165, 1.54) is 6.08 Å². The van der Waals surface area contributed by atoms with E-state index in [9.17, 15) is 4.79 Å². The second-order valence-electron chi connectivity index (χ2n) is 3.78. The first-order valence-corrected chi connectivity index (χ1v) is 6.09. The molecule has 5 heteroatoms. The molecule has 0 bridgehead atoms. The summed E-state index contributed by atoms with van der Waals surface area (Å²) in [4.78, 5) is 18.0. The summed E-state index contributed by atoms with van der Waals surface area (Å²) < 4.78 is 0.969. The molecule has 2 aromatic rings. The lowest BCUT2D eigenvalue weighted by Gasteiger charge is -1.96. The lowest BCUT2D eigenvalue weighted by atomic mass is 10.2. The molecule has 1 aromatic carbocycles. The Labute approximate surface area is 113 Å². The van der Waals surface area contributed by atoms with Gasteiger partial charge in [-0.25, -0.2) is 9.78 Å². The fourth-order valence-corrected chi connectivity index (χ4v) is 1.96. The van der Waals surface area contributed by atoms with Gasteiger partial charge in [-0.3, -0.25) is 0 Å². The van der Waals surface area contributed by atoms with Crippen LogP contribution in [0.25, 0.3) is 17.5 Å². The molecule has 0 amide bonds. The molecule has 2 N–H and O–H groups in total. The number of aromatic amines is 1. The monoisotopic (exact) mass is 306 g/mol. The quantitative estimate of drug-likeness (QED) is 0.856. The standard InChI is InChI=1S/C13H11BrN2O2/c1-8-11(5-6-12(17)18)16-13(15-8)9-3-2-4-10(14)7-9/h2-7H,1H3,(H,15,16)(H,17,18)/b6-5+. The number of aryl methyl sites for hydroxylation is 1. The van der Waals surface area contributed by atoms with Gasteiger partial charge < -0.3 is 10.1 Å². The highest BCUT2D eigenvalue weighted by Crippen LogP contribution is 2.22. The van der Waals surface area contributed by atoms with Crippen molar-refractivity contribution >= 4 is 28.0 Å². The number of nitrogens with one attached hydrogen (secondary N) is 1. The van der Waals surface area contributed by atoms with Gasteiger partial charge in [0.25, 0.3) is 0 Å². The predicted molar refractivity (Wildman–Crippen MR) is 73.1 cm³/mol. The summed E-state index contributed by atoms with van der Waals surface area (Å²) in [7, 11) is 0. The average Bonchev–Trinajstić information content (AvgIpc) is 2.68. The molecule has 0 unspecified atom stereocenters. The van der Waals surface area contributed by atoms with Gasteiger partial charge in [0.2, 0.25) is 0 Å². The van der Waals surface area contributed by atoms with Gasteiger partial charge in [-0.2, -0.15) is 0 Å². The number of benzene rings is 1. The Morgan fingerprint density at radius 2 is 2.28 bits per heavy atom. The Kier molecular flexibility index (Phi) is 3.62. The summed E-state index contributed by atoms with van der Waals surface area (Å²) in [6, 6.07) is 7.74. The van der Waals surface area contributed by atoms with Crippen LogP contribution in [0, 0.1) is 6.92 Å². The molecule has 0 aliphatic heterocycles. The molecule has 0 spiro atoms. The smallest absolute Gasteiger partial charge is 0.328 e. The first-order chi connectivity index (χ1) is 8.56. The zero-order valence-corrected chi connectivity index (χ0v) is 11.2. The molecule has 0 fully saturated rings. The van der Waals surface area contributed by atoms with E-state index in [1.54, 1.807) is 0 Å². The maximum atomic E-state index is 10.5. The maximum absolute atomic E-state index is 10.5. The minimum absolute atomic E-state index is 0.632. The minimum atomic E-state index is -0.985. The van der Waals surface area contributed by atoms with Crippen LogP contribution in [-0.2, 0) is 4.79 Å². The number of carboxylic acids is 1. The second-order valence-corrected chi connectivity index (χ2v) is 4.69. The van der Waals surface area contributed by atoms with Gasteiger partial charge in [0.15, 0.2) is 0 Å². The van der Waals surface area contributed by atoms with Crippen LogP contribution in [0.2, 0.25) is 0 Å². The molecule has 18 heavy (non-hydrogen) atoms. The third-order valence-corrected chi connectivity index (χ3v) is 2.90. The van der Waals surface area contributed by atoms with Crippen molar-refractivity contribution in [3.05, 3.63) is 46.2 Å². The zero-order valence-electron chi connectivity index (χ0n) is 9.64. The molecule has 0 saturated heterocycles. The fraction of sp³-hybridized carbons (Fsp3) is 0.0769. The molecule has 92 valence electrons. The summed E-state index contributed by atoms with van der Waals surface area (Å²) in [6.45, 7) is 1.86. The number of halogens is 1. The molecular formula is C13H11BrN2O2. The number of H-pyrrole nitrogens is 1. The number of rotatable bonds is 3. The molecule has 4 nitrogen and oxygen atoms in total. The maximum Gasteiger partial charge on any atom is 0.328 e. The number of aliphatic carboxylic acids is 1. The molecular weight excluding hydrogens is 296 g/mol.